The van der Waals surface area contributed by atoms with Crippen molar-refractivity contribution in [2.75, 3.05) is 0 Å². The molecule has 1 heterocycles. The van der Waals surface area contributed by atoms with Gasteiger partial charge < -0.3 is 0 Å². The molecule has 0 aliphatic rings. The summed E-state index contributed by atoms with van der Waals surface area (Å²) in [4.78, 5) is 35.2. The van der Waals surface area contributed by atoms with Gasteiger partial charge in [-0.05, 0) is 13.0 Å². The van der Waals surface area contributed by atoms with Gasteiger partial charge in [-0.1, -0.05) is 24.0 Å². The molecule has 2 rings (SSSR count). The smallest absolute Gasteiger partial charge is 0.289 e. The topological polar surface area (TPSA) is 98.0 Å². The second-order valence-electron chi connectivity index (χ2n) is 4.28. The number of nitro benzene ring substituents is 1. The van der Waals surface area contributed by atoms with Crippen LogP contribution in [0.1, 0.15) is 11.1 Å². The number of nitrogens with zero attached hydrogens (tertiary/aromatic N) is 2. The summed E-state index contributed by atoms with van der Waals surface area (Å²) in [6.07, 6.45) is 1.40. The molecule has 106 valence electrons. The molecule has 0 saturated carbocycles. The Labute approximate surface area is 119 Å². The van der Waals surface area contributed by atoms with Crippen molar-refractivity contribution in [3.63, 3.8) is 0 Å². The minimum Gasteiger partial charge on any atom is -0.289 e. The molecule has 2 aromatic rings. The van der Waals surface area contributed by atoms with Gasteiger partial charge in [0.25, 0.3) is 11.2 Å². The number of rotatable bonds is 2. The van der Waals surface area contributed by atoms with Gasteiger partial charge in [0.1, 0.15) is 5.56 Å². The van der Waals surface area contributed by atoms with Crippen LogP contribution in [0.15, 0.2) is 40.1 Å². The maximum absolute atomic E-state index is 11.5. The van der Waals surface area contributed by atoms with Crippen LogP contribution in [0.4, 0.5) is 5.69 Å². The van der Waals surface area contributed by atoms with Crippen molar-refractivity contribution in [1.82, 2.24) is 9.55 Å². The maximum atomic E-state index is 11.5. The number of aromatic nitrogens is 2. The van der Waals surface area contributed by atoms with Gasteiger partial charge >= 0.3 is 5.69 Å². The van der Waals surface area contributed by atoms with Crippen LogP contribution in [0.5, 0.6) is 0 Å². The Morgan fingerprint density at radius 1 is 1.33 bits per heavy atom. The van der Waals surface area contributed by atoms with Crippen molar-refractivity contribution < 1.29 is 4.92 Å². The number of hydrogen-bond acceptors (Lipinski definition) is 4. The van der Waals surface area contributed by atoms with Crippen LogP contribution in [-0.4, -0.2) is 14.5 Å². The zero-order chi connectivity index (χ0) is 15.4. The van der Waals surface area contributed by atoms with Crippen LogP contribution in [0.25, 0.3) is 0 Å². The fraction of sp³-hybridized carbons (Fsp3) is 0.143. The van der Waals surface area contributed by atoms with Gasteiger partial charge in [-0.15, -0.1) is 0 Å². The normalized spacial score (nSPS) is 9.76. The van der Waals surface area contributed by atoms with Gasteiger partial charge in [0.15, 0.2) is 0 Å². The fourth-order valence-electron chi connectivity index (χ4n) is 1.69. The van der Waals surface area contributed by atoms with Crippen molar-refractivity contribution in [3.8, 4) is 11.8 Å². The number of aryl methyl sites for hydroxylation is 1. The molecule has 0 spiro atoms. The number of aromatic amines is 1. The van der Waals surface area contributed by atoms with Gasteiger partial charge in [0, 0.05) is 17.8 Å². The zero-order valence-corrected chi connectivity index (χ0v) is 11.1. The summed E-state index contributed by atoms with van der Waals surface area (Å²) in [5, 5.41) is 10.8. The summed E-state index contributed by atoms with van der Waals surface area (Å²) >= 11 is 0. The third-order valence-corrected chi connectivity index (χ3v) is 2.76. The molecule has 0 atom stereocenters. The predicted octanol–water partition coefficient (Wildman–Crippen LogP) is 0.805. The Bertz CT molecular complexity index is 868. The Morgan fingerprint density at radius 3 is 2.76 bits per heavy atom. The average Bonchev–Trinajstić information content (AvgIpc) is 2.44. The monoisotopic (exact) mass is 285 g/mol. The van der Waals surface area contributed by atoms with E-state index in [0.29, 0.717) is 5.56 Å². The lowest BCUT2D eigenvalue weighted by Crippen LogP contribution is -2.30. The SMILES string of the molecule is Cc1cn(CC#Cc2ccccc2[N+](=O)[O-])c(=O)[nH]c1=O. The number of nitrogens with one attached hydrogen (secondary N) is 1. The highest BCUT2D eigenvalue weighted by atomic mass is 16.6. The lowest BCUT2D eigenvalue weighted by molar-refractivity contribution is -0.385. The molecule has 7 heteroatoms. The molecule has 0 fully saturated rings. The Kier molecular flexibility index (Phi) is 4.00. The van der Waals surface area contributed by atoms with Crippen LogP contribution in [0.3, 0.4) is 0 Å². The molecule has 0 bridgehead atoms. The molecule has 0 saturated heterocycles. The van der Waals surface area contributed by atoms with E-state index in [9.17, 15) is 19.7 Å². The van der Waals surface area contributed by atoms with E-state index < -0.39 is 16.2 Å². The first-order valence-corrected chi connectivity index (χ1v) is 6.01. The van der Waals surface area contributed by atoms with Crippen LogP contribution in [0.2, 0.25) is 0 Å². The van der Waals surface area contributed by atoms with E-state index in [1.54, 1.807) is 19.1 Å². The molecule has 0 aliphatic carbocycles. The first kappa shape index (κ1) is 14.3. The van der Waals surface area contributed by atoms with E-state index in [2.05, 4.69) is 16.8 Å². The zero-order valence-electron chi connectivity index (χ0n) is 11.1. The highest BCUT2D eigenvalue weighted by Crippen LogP contribution is 2.15. The highest BCUT2D eigenvalue weighted by Gasteiger charge is 2.09. The quantitative estimate of drug-likeness (QED) is 0.501. The molecule has 1 aromatic heterocycles. The van der Waals surface area contributed by atoms with Gasteiger partial charge in [-0.25, -0.2) is 4.79 Å². The Balaban J connectivity index is 2.30. The van der Waals surface area contributed by atoms with Crippen LogP contribution in [0, 0.1) is 28.9 Å². The van der Waals surface area contributed by atoms with E-state index in [-0.39, 0.29) is 17.8 Å². The predicted molar refractivity (Wildman–Crippen MR) is 76.0 cm³/mol. The van der Waals surface area contributed by atoms with Crippen LogP contribution in [-0.2, 0) is 6.54 Å². The number of para-hydroxylation sites is 1. The molecule has 21 heavy (non-hydrogen) atoms. The minimum atomic E-state index is -0.567. The third kappa shape index (κ3) is 3.25. The summed E-state index contributed by atoms with van der Waals surface area (Å²) in [7, 11) is 0. The molecular formula is C14H11N3O4. The summed E-state index contributed by atoms with van der Waals surface area (Å²) < 4.78 is 1.23. The van der Waals surface area contributed by atoms with E-state index in [1.165, 1.54) is 22.9 Å². The second kappa shape index (κ2) is 5.88. The van der Waals surface area contributed by atoms with Crippen molar-refractivity contribution in [3.05, 3.63) is 72.5 Å². The number of nitro groups is 1. The number of hydrogen-bond donors (Lipinski definition) is 1. The van der Waals surface area contributed by atoms with Crippen molar-refractivity contribution >= 4 is 5.69 Å². The summed E-state index contributed by atoms with van der Waals surface area (Å²) in [5.74, 6) is 5.35. The summed E-state index contributed by atoms with van der Waals surface area (Å²) in [6.45, 7) is 1.60. The first-order valence-electron chi connectivity index (χ1n) is 6.01. The molecule has 1 aromatic carbocycles. The van der Waals surface area contributed by atoms with Gasteiger partial charge in [-0.2, -0.15) is 0 Å². The van der Waals surface area contributed by atoms with E-state index in [0.717, 1.165) is 0 Å². The van der Waals surface area contributed by atoms with Crippen molar-refractivity contribution in [2.45, 2.75) is 13.5 Å². The molecule has 0 radical (unpaired) electrons. The van der Waals surface area contributed by atoms with E-state index in [1.807, 2.05) is 0 Å². The average molecular weight is 285 g/mol. The van der Waals surface area contributed by atoms with Crippen LogP contribution < -0.4 is 11.2 Å². The number of benzene rings is 1. The van der Waals surface area contributed by atoms with Gasteiger partial charge in [0.2, 0.25) is 0 Å². The molecule has 0 aliphatic heterocycles. The molecule has 1 N–H and O–H groups in total. The van der Waals surface area contributed by atoms with E-state index >= 15 is 0 Å². The first-order chi connectivity index (χ1) is 9.99. The second-order valence-corrected chi connectivity index (χ2v) is 4.28. The fourth-order valence-corrected chi connectivity index (χ4v) is 1.69. The number of H-pyrrole nitrogens is 1. The lowest BCUT2D eigenvalue weighted by atomic mass is 10.2. The van der Waals surface area contributed by atoms with Crippen molar-refractivity contribution in [2.24, 2.45) is 0 Å². The molecule has 0 amide bonds. The summed E-state index contributed by atoms with van der Waals surface area (Å²) in [5.41, 5.74) is -0.431. The van der Waals surface area contributed by atoms with Crippen molar-refractivity contribution in [1.29, 1.82) is 0 Å². The Hall–Kier alpha value is -3.14. The Morgan fingerprint density at radius 2 is 2.05 bits per heavy atom. The maximum Gasteiger partial charge on any atom is 0.329 e. The molecule has 7 nitrogen and oxygen atoms in total. The molecular weight excluding hydrogens is 274 g/mol. The third-order valence-electron chi connectivity index (χ3n) is 2.76. The van der Waals surface area contributed by atoms with E-state index in [4.69, 9.17) is 0 Å². The van der Waals surface area contributed by atoms with Crippen LogP contribution >= 0.6 is 0 Å². The standard InChI is InChI=1S/C14H11N3O4/c1-10-9-16(14(19)15-13(10)18)8-4-6-11-5-2-3-7-12(11)17(20)21/h2-3,5,7,9H,8H2,1H3,(H,15,18,19). The summed E-state index contributed by atoms with van der Waals surface area (Å²) in [6, 6.07) is 6.10. The van der Waals surface area contributed by atoms with Gasteiger partial charge in [-0.3, -0.25) is 24.5 Å². The molecule has 0 unspecified atom stereocenters. The van der Waals surface area contributed by atoms with Gasteiger partial charge in [0.05, 0.1) is 11.5 Å². The minimum absolute atomic E-state index is 0.0303. The highest BCUT2D eigenvalue weighted by molar-refractivity contribution is 5.50. The lowest BCUT2D eigenvalue weighted by Gasteiger charge is -2.00. The largest absolute Gasteiger partial charge is 0.329 e.